The topological polar surface area (TPSA) is 67.4 Å². The molecule has 2 fully saturated rings. The number of amides is 2. The third kappa shape index (κ3) is 2.26. The van der Waals surface area contributed by atoms with Crippen molar-refractivity contribution >= 4 is 23.2 Å². The smallest absolute Gasteiger partial charge is 0.265 e. The first-order valence-corrected chi connectivity index (χ1v) is 7.52. The lowest BCUT2D eigenvalue weighted by Crippen LogP contribution is -2.34. The second-order valence-electron chi connectivity index (χ2n) is 6.37. The van der Waals surface area contributed by atoms with E-state index in [2.05, 4.69) is 10.6 Å². The van der Waals surface area contributed by atoms with Crippen LogP contribution in [0.5, 0.6) is 5.75 Å². The van der Waals surface area contributed by atoms with E-state index >= 15 is 0 Å². The van der Waals surface area contributed by atoms with Crippen molar-refractivity contribution in [3.63, 3.8) is 0 Å². The van der Waals surface area contributed by atoms with Crippen molar-refractivity contribution < 1.29 is 14.3 Å². The van der Waals surface area contributed by atoms with Gasteiger partial charge in [0.25, 0.3) is 5.91 Å². The molecule has 5 heteroatoms. The van der Waals surface area contributed by atoms with Gasteiger partial charge in [0.1, 0.15) is 5.75 Å². The number of anilines is 2. The summed E-state index contributed by atoms with van der Waals surface area (Å²) in [6.45, 7) is 1.71. The van der Waals surface area contributed by atoms with Crippen LogP contribution in [-0.2, 0) is 9.59 Å². The van der Waals surface area contributed by atoms with Crippen molar-refractivity contribution in [3.8, 4) is 5.75 Å². The lowest BCUT2D eigenvalue weighted by Gasteiger charge is -2.24. The highest BCUT2D eigenvalue weighted by molar-refractivity contribution is 5.99. The molecule has 21 heavy (non-hydrogen) atoms. The molecule has 1 heterocycles. The van der Waals surface area contributed by atoms with Crippen molar-refractivity contribution in [2.45, 2.75) is 32.3 Å². The number of carbonyl (C=O) groups is 2. The number of hydrogen-bond acceptors (Lipinski definition) is 3. The van der Waals surface area contributed by atoms with Gasteiger partial charge in [-0.1, -0.05) is 0 Å². The van der Waals surface area contributed by atoms with Crippen molar-refractivity contribution in [2.24, 2.45) is 17.8 Å². The van der Waals surface area contributed by atoms with Crippen LogP contribution in [0.1, 0.15) is 26.2 Å². The van der Waals surface area contributed by atoms with Crippen LogP contribution in [0, 0.1) is 17.8 Å². The third-order valence-electron chi connectivity index (χ3n) is 4.79. The number of nitrogens with one attached hydrogen (secondary N) is 2. The summed E-state index contributed by atoms with van der Waals surface area (Å²) in [5, 5.41) is 5.75. The molecular formula is C16H18N2O3. The number of benzene rings is 1. The first-order valence-electron chi connectivity index (χ1n) is 7.52. The van der Waals surface area contributed by atoms with E-state index in [0.717, 1.165) is 24.7 Å². The highest BCUT2D eigenvalue weighted by Gasteiger charge is 2.48. The Labute approximate surface area is 123 Å². The Hall–Kier alpha value is -2.04. The summed E-state index contributed by atoms with van der Waals surface area (Å²) in [5.74, 6) is 2.30. The van der Waals surface area contributed by atoms with Gasteiger partial charge in [-0.05, 0) is 56.2 Å². The summed E-state index contributed by atoms with van der Waals surface area (Å²) in [7, 11) is 0. The largest absolute Gasteiger partial charge is 0.479 e. The fourth-order valence-corrected chi connectivity index (χ4v) is 3.46. The van der Waals surface area contributed by atoms with Gasteiger partial charge >= 0.3 is 0 Å². The second kappa shape index (κ2) is 4.48. The van der Waals surface area contributed by atoms with E-state index in [4.69, 9.17) is 4.74 Å². The standard InChI is InChI=1S/C16H18N2O3/c1-8-15(19)18-13-7-12(2-3-14(13)21-8)17-16(20)11-5-9-4-10(9)6-11/h2-3,7-11H,4-6H2,1H3,(H,17,20)(H,18,19). The zero-order valence-electron chi connectivity index (χ0n) is 11.9. The van der Waals surface area contributed by atoms with Crippen LogP contribution in [0.4, 0.5) is 11.4 Å². The number of ether oxygens (including phenoxy) is 1. The maximum absolute atomic E-state index is 12.2. The predicted molar refractivity (Wildman–Crippen MR) is 78.1 cm³/mol. The van der Waals surface area contributed by atoms with Gasteiger partial charge in [-0.15, -0.1) is 0 Å². The third-order valence-corrected chi connectivity index (χ3v) is 4.79. The zero-order valence-corrected chi connectivity index (χ0v) is 11.9. The summed E-state index contributed by atoms with van der Waals surface area (Å²) < 4.78 is 5.50. The van der Waals surface area contributed by atoms with Gasteiger partial charge in [-0.2, -0.15) is 0 Å². The molecule has 0 spiro atoms. The Morgan fingerprint density at radius 1 is 1.29 bits per heavy atom. The lowest BCUT2D eigenvalue weighted by atomic mass is 10.0. The van der Waals surface area contributed by atoms with Crippen LogP contribution in [-0.4, -0.2) is 17.9 Å². The van der Waals surface area contributed by atoms with Crippen molar-refractivity contribution in [1.29, 1.82) is 0 Å². The van der Waals surface area contributed by atoms with E-state index in [-0.39, 0.29) is 17.7 Å². The van der Waals surface area contributed by atoms with E-state index in [9.17, 15) is 9.59 Å². The number of hydrogen-bond donors (Lipinski definition) is 2. The number of fused-ring (bicyclic) bond motifs is 2. The highest BCUT2D eigenvalue weighted by atomic mass is 16.5. The summed E-state index contributed by atoms with van der Waals surface area (Å²) >= 11 is 0. The molecule has 0 aromatic heterocycles. The summed E-state index contributed by atoms with van der Waals surface area (Å²) in [4.78, 5) is 23.9. The Balaban J connectivity index is 1.47. The first-order chi connectivity index (χ1) is 10.1. The van der Waals surface area contributed by atoms with Crippen molar-refractivity contribution in [2.75, 3.05) is 10.6 Å². The molecule has 0 saturated heterocycles. The molecule has 3 atom stereocenters. The van der Waals surface area contributed by atoms with Crippen molar-refractivity contribution in [1.82, 2.24) is 0 Å². The molecule has 1 aromatic carbocycles. The Bertz CT molecular complexity index is 618. The van der Waals surface area contributed by atoms with Gasteiger partial charge in [0.2, 0.25) is 5.91 Å². The molecule has 2 saturated carbocycles. The minimum atomic E-state index is -0.483. The van der Waals surface area contributed by atoms with Gasteiger partial charge in [0, 0.05) is 11.6 Å². The molecule has 3 aliphatic rings. The monoisotopic (exact) mass is 286 g/mol. The molecule has 2 aliphatic carbocycles. The van der Waals surface area contributed by atoms with Crippen LogP contribution >= 0.6 is 0 Å². The quantitative estimate of drug-likeness (QED) is 0.877. The Morgan fingerprint density at radius 2 is 2.05 bits per heavy atom. The normalized spacial score (nSPS) is 32.5. The summed E-state index contributed by atoms with van der Waals surface area (Å²) in [6, 6.07) is 5.36. The molecule has 1 aliphatic heterocycles. The van der Waals surface area contributed by atoms with Crippen LogP contribution < -0.4 is 15.4 Å². The minimum Gasteiger partial charge on any atom is -0.479 e. The maximum atomic E-state index is 12.2. The fourth-order valence-electron chi connectivity index (χ4n) is 3.46. The zero-order chi connectivity index (χ0) is 14.6. The molecule has 4 rings (SSSR count). The summed E-state index contributed by atoms with van der Waals surface area (Å²) in [6.07, 6.45) is 2.88. The lowest BCUT2D eigenvalue weighted by molar-refractivity contribution is -0.122. The second-order valence-corrected chi connectivity index (χ2v) is 6.37. The SMILES string of the molecule is CC1Oc2ccc(NC(=O)C3CC4CC4C3)cc2NC1=O. The van der Waals surface area contributed by atoms with Crippen LogP contribution in [0.25, 0.3) is 0 Å². The van der Waals surface area contributed by atoms with Gasteiger partial charge in [-0.3, -0.25) is 9.59 Å². The molecule has 2 amide bonds. The van der Waals surface area contributed by atoms with Crippen molar-refractivity contribution in [3.05, 3.63) is 18.2 Å². The minimum absolute atomic E-state index is 0.0959. The van der Waals surface area contributed by atoms with Gasteiger partial charge in [0.05, 0.1) is 5.69 Å². The van der Waals surface area contributed by atoms with E-state index in [0.29, 0.717) is 17.1 Å². The molecule has 3 unspecified atom stereocenters. The van der Waals surface area contributed by atoms with Gasteiger partial charge in [-0.25, -0.2) is 0 Å². The van der Waals surface area contributed by atoms with E-state index in [1.807, 2.05) is 6.07 Å². The molecular weight excluding hydrogens is 268 g/mol. The predicted octanol–water partition coefficient (Wildman–Crippen LogP) is 2.39. The average molecular weight is 286 g/mol. The number of carbonyl (C=O) groups excluding carboxylic acids is 2. The Morgan fingerprint density at radius 3 is 2.81 bits per heavy atom. The van der Waals surface area contributed by atoms with Crippen LogP contribution in [0.2, 0.25) is 0 Å². The van der Waals surface area contributed by atoms with Crippen LogP contribution in [0.3, 0.4) is 0 Å². The van der Waals surface area contributed by atoms with Crippen LogP contribution in [0.15, 0.2) is 18.2 Å². The van der Waals surface area contributed by atoms with E-state index in [1.54, 1.807) is 19.1 Å². The van der Waals surface area contributed by atoms with Gasteiger partial charge in [0.15, 0.2) is 6.10 Å². The molecule has 1 aromatic rings. The maximum Gasteiger partial charge on any atom is 0.265 e. The fraction of sp³-hybridized carbons (Fsp3) is 0.500. The highest BCUT2D eigenvalue weighted by Crippen LogP contribution is 2.54. The summed E-state index contributed by atoms with van der Waals surface area (Å²) in [5.41, 5.74) is 1.32. The number of rotatable bonds is 2. The molecule has 2 N–H and O–H groups in total. The van der Waals surface area contributed by atoms with Gasteiger partial charge < -0.3 is 15.4 Å². The molecule has 0 radical (unpaired) electrons. The molecule has 5 nitrogen and oxygen atoms in total. The molecule has 0 bridgehead atoms. The average Bonchev–Trinajstić information content (AvgIpc) is 3.06. The van der Waals surface area contributed by atoms with E-state index < -0.39 is 6.10 Å². The first kappa shape index (κ1) is 12.7. The Kier molecular flexibility index (Phi) is 2.71. The molecule has 110 valence electrons. The van der Waals surface area contributed by atoms with E-state index in [1.165, 1.54) is 6.42 Å².